The lowest BCUT2D eigenvalue weighted by Gasteiger charge is -2.31. The summed E-state index contributed by atoms with van der Waals surface area (Å²) in [7, 11) is 1.62. The van der Waals surface area contributed by atoms with Crippen LogP contribution in [0.25, 0.3) is 0 Å². The van der Waals surface area contributed by atoms with Crippen LogP contribution >= 0.6 is 0 Å². The number of ether oxygens (including phenoxy) is 1. The molecule has 1 aliphatic rings. The minimum atomic E-state index is -0.266. The Morgan fingerprint density at radius 2 is 2.20 bits per heavy atom. The monoisotopic (exact) mass is 406 g/mol. The quantitative estimate of drug-likeness (QED) is 0.648. The van der Waals surface area contributed by atoms with E-state index in [9.17, 15) is 4.79 Å². The molecule has 1 N–H and O–H groups in total. The van der Waals surface area contributed by atoms with E-state index in [1.165, 1.54) is 0 Å². The van der Waals surface area contributed by atoms with Crippen LogP contribution < -0.4 is 10.1 Å². The molecular formula is C23H26N4O3. The zero-order valence-corrected chi connectivity index (χ0v) is 17.1. The second kappa shape index (κ2) is 9.54. The van der Waals surface area contributed by atoms with Gasteiger partial charge in [0.15, 0.2) is 0 Å². The van der Waals surface area contributed by atoms with Crippen LogP contribution in [0.4, 0.5) is 0 Å². The number of aromatic nitrogens is 2. The number of amides is 1. The van der Waals surface area contributed by atoms with E-state index in [1.807, 2.05) is 48.7 Å². The number of rotatable bonds is 7. The molecule has 0 aliphatic carbocycles. The highest BCUT2D eigenvalue weighted by Crippen LogP contribution is 2.27. The summed E-state index contributed by atoms with van der Waals surface area (Å²) in [4.78, 5) is 19.3. The first-order valence-electron chi connectivity index (χ1n) is 10.2. The van der Waals surface area contributed by atoms with Gasteiger partial charge >= 0.3 is 0 Å². The second-order valence-corrected chi connectivity index (χ2v) is 7.55. The molecule has 1 atom stereocenters. The number of nitrogens with zero attached hydrogens (tertiary/aromatic N) is 3. The fourth-order valence-corrected chi connectivity index (χ4v) is 3.80. The third-order valence-corrected chi connectivity index (χ3v) is 5.37. The highest BCUT2D eigenvalue weighted by atomic mass is 16.5. The number of carbonyl (C=O) groups excluding carboxylic acids is 1. The Kier molecular flexibility index (Phi) is 6.39. The molecule has 156 valence electrons. The van der Waals surface area contributed by atoms with Crippen molar-refractivity contribution in [1.82, 2.24) is 20.4 Å². The van der Waals surface area contributed by atoms with Crippen molar-refractivity contribution < 1.29 is 14.1 Å². The van der Waals surface area contributed by atoms with E-state index in [0.29, 0.717) is 6.54 Å². The number of methoxy groups -OCH3 is 1. The molecule has 4 rings (SSSR count). The summed E-state index contributed by atoms with van der Waals surface area (Å²) in [5.41, 5.74) is 2.86. The lowest BCUT2D eigenvalue weighted by atomic mass is 9.94. The average Bonchev–Trinajstić information content (AvgIpc) is 3.29. The van der Waals surface area contributed by atoms with Crippen LogP contribution in [0.1, 0.15) is 46.3 Å². The summed E-state index contributed by atoms with van der Waals surface area (Å²) < 4.78 is 10.6. The van der Waals surface area contributed by atoms with E-state index < -0.39 is 0 Å². The minimum absolute atomic E-state index is 0.245. The predicted octanol–water partition coefficient (Wildman–Crippen LogP) is 3.39. The molecule has 0 saturated carbocycles. The van der Waals surface area contributed by atoms with Gasteiger partial charge in [-0.15, -0.1) is 0 Å². The predicted molar refractivity (Wildman–Crippen MR) is 112 cm³/mol. The maximum absolute atomic E-state index is 12.5. The first kappa shape index (κ1) is 20.1. The number of benzene rings is 1. The summed E-state index contributed by atoms with van der Waals surface area (Å²) in [6, 6.07) is 15.4. The van der Waals surface area contributed by atoms with Gasteiger partial charge < -0.3 is 14.6 Å². The minimum Gasteiger partial charge on any atom is -0.497 e. The van der Waals surface area contributed by atoms with Crippen molar-refractivity contribution in [3.8, 4) is 5.75 Å². The SMILES string of the molecule is COc1cccc(CNC(=O)c2cc(C3CCCN(Cc4ccccn4)C3)no2)c1. The first-order chi connectivity index (χ1) is 14.7. The highest BCUT2D eigenvalue weighted by Gasteiger charge is 2.25. The van der Waals surface area contributed by atoms with Gasteiger partial charge in [-0.3, -0.25) is 14.7 Å². The van der Waals surface area contributed by atoms with Crippen molar-refractivity contribution in [1.29, 1.82) is 0 Å². The number of likely N-dealkylation sites (tertiary alicyclic amines) is 1. The molecule has 1 unspecified atom stereocenters. The number of hydrogen-bond acceptors (Lipinski definition) is 6. The van der Waals surface area contributed by atoms with Gasteiger partial charge in [-0.1, -0.05) is 23.4 Å². The second-order valence-electron chi connectivity index (χ2n) is 7.55. The van der Waals surface area contributed by atoms with E-state index in [0.717, 1.165) is 55.2 Å². The number of piperidine rings is 1. The molecule has 1 saturated heterocycles. The molecular weight excluding hydrogens is 380 g/mol. The van der Waals surface area contributed by atoms with Crippen molar-refractivity contribution in [2.24, 2.45) is 0 Å². The lowest BCUT2D eigenvalue weighted by Crippen LogP contribution is -2.34. The smallest absolute Gasteiger partial charge is 0.290 e. The van der Waals surface area contributed by atoms with Crippen LogP contribution in [-0.4, -0.2) is 41.1 Å². The third kappa shape index (κ3) is 5.04. The third-order valence-electron chi connectivity index (χ3n) is 5.37. The van der Waals surface area contributed by atoms with E-state index in [4.69, 9.17) is 9.26 Å². The molecule has 3 heterocycles. The number of nitrogens with one attached hydrogen (secondary N) is 1. The van der Waals surface area contributed by atoms with Crippen LogP contribution in [-0.2, 0) is 13.1 Å². The highest BCUT2D eigenvalue weighted by molar-refractivity contribution is 5.91. The van der Waals surface area contributed by atoms with Gasteiger partial charge in [-0.25, -0.2) is 0 Å². The summed E-state index contributed by atoms with van der Waals surface area (Å²) in [6.45, 7) is 3.14. The van der Waals surface area contributed by atoms with E-state index >= 15 is 0 Å². The maximum atomic E-state index is 12.5. The van der Waals surface area contributed by atoms with Crippen molar-refractivity contribution in [3.63, 3.8) is 0 Å². The Labute approximate surface area is 176 Å². The fraction of sp³-hybridized carbons (Fsp3) is 0.348. The molecule has 1 fully saturated rings. The molecule has 30 heavy (non-hydrogen) atoms. The molecule has 2 aromatic heterocycles. The van der Waals surface area contributed by atoms with Gasteiger partial charge in [0.2, 0.25) is 5.76 Å². The Bertz CT molecular complexity index is 973. The van der Waals surface area contributed by atoms with Gasteiger partial charge in [0.05, 0.1) is 18.5 Å². The fourth-order valence-electron chi connectivity index (χ4n) is 3.80. The zero-order valence-electron chi connectivity index (χ0n) is 17.1. The molecule has 0 radical (unpaired) electrons. The summed E-state index contributed by atoms with van der Waals surface area (Å²) in [5.74, 6) is 0.995. The van der Waals surface area contributed by atoms with Gasteiger partial charge in [0.1, 0.15) is 5.75 Å². The van der Waals surface area contributed by atoms with Crippen molar-refractivity contribution in [3.05, 3.63) is 77.4 Å². The normalized spacial score (nSPS) is 16.9. The van der Waals surface area contributed by atoms with Crippen LogP contribution in [0.3, 0.4) is 0 Å². The zero-order chi connectivity index (χ0) is 20.8. The van der Waals surface area contributed by atoms with E-state index in [2.05, 4.69) is 20.4 Å². The van der Waals surface area contributed by atoms with Crippen LogP contribution in [0.2, 0.25) is 0 Å². The van der Waals surface area contributed by atoms with Gasteiger partial charge in [-0.05, 0) is 49.2 Å². The summed E-state index contributed by atoms with van der Waals surface area (Å²) in [6.07, 6.45) is 3.95. The summed E-state index contributed by atoms with van der Waals surface area (Å²) >= 11 is 0. The van der Waals surface area contributed by atoms with Gasteiger partial charge in [0, 0.05) is 37.8 Å². The number of hydrogen-bond donors (Lipinski definition) is 1. The van der Waals surface area contributed by atoms with Crippen LogP contribution in [0.5, 0.6) is 5.75 Å². The molecule has 3 aromatic rings. The van der Waals surface area contributed by atoms with E-state index in [-0.39, 0.29) is 17.6 Å². The maximum Gasteiger partial charge on any atom is 0.290 e. The molecule has 1 aliphatic heterocycles. The molecule has 1 aromatic carbocycles. The molecule has 7 nitrogen and oxygen atoms in total. The first-order valence-corrected chi connectivity index (χ1v) is 10.2. The Hall–Kier alpha value is -3.19. The van der Waals surface area contributed by atoms with Crippen molar-refractivity contribution in [2.45, 2.75) is 31.8 Å². The van der Waals surface area contributed by atoms with Crippen molar-refractivity contribution >= 4 is 5.91 Å². The van der Waals surface area contributed by atoms with E-state index in [1.54, 1.807) is 13.2 Å². The van der Waals surface area contributed by atoms with Crippen LogP contribution in [0.15, 0.2) is 59.3 Å². The van der Waals surface area contributed by atoms with Gasteiger partial charge in [-0.2, -0.15) is 0 Å². The molecule has 0 spiro atoms. The topological polar surface area (TPSA) is 80.5 Å². The van der Waals surface area contributed by atoms with Gasteiger partial charge in [0.25, 0.3) is 5.91 Å². The number of pyridine rings is 1. The Morgan fingerprint density at radius 1 is 1.27 bits per heavy atom. The standard InChI is InChI=1S/C23H26N4O3/c1-29-20-9-4-6-17(12-20)14-25-23(28)22-13-21(26-30-22)18-7-5-11-27(15-18)16-19-8-2-3-10-24-19/h2-4,6,8-10,12-13,18H,5,7,11,14-16H2,1H3,(H,25,28). The molecule has 7 heteroatoms. The summed E-state index contributed by atoms with van der Waals surface area (Å²) in [5, 5.41) is 7.06. The lowest BCUT2D eigenvalue weighted by molar-refractivity contribution is 0.0913. The molecule has 0 bridgehead atoms. The average molecular weight is 406 g/mol. The Morgan fingerprint density at radius 3 is 3.03 bits per heavy atom. The number of carbonyl (C=O) groups is 1. The molecule has 1 amide bonds. The largest absolute Gasteiger partial charge is 0.497 e. The Balaban J connectivity index is 1.34. The van der Waals surface area contributed by atoms with Crippen molar-refractivity contribution in [2.75, 3.05) is 20.2 Å². The van der Waals surface area contributed by atoms with Crippen LogP contribution in [0, 0.1) is 0 Å².